The molecule has 0 aliphatic carbocycles. The molecule has 2 aromatic rings. The van der Waals surface area contributed by atoms with Crippen molar-refractivity contribution in [1.82, 2.24) is 24.2 Å². The van der Waals surface area contributed by atoms with Crippen molar-refractivity contribution in [2.45, 2.75) is 72.4 Å². The molecule has 1 fully saturated rings. The molecule has 0 bridgehead atoms. The molecule has 1 aliphatic rings. The van der Waals surface area contributed by atoms with Crippen LogP contribution in [-0.4, -0.2) is 43.9 Å². The number of piperidine rings is 1. The van der Waals surface area contributed by atoms with Crippen LogP contribution in [0.3, 0.4) is 0 Å². The van der Waals surface area contributed by atoms with Crippen LogP contribution in [0.15, 0.2) is 12.5 Å². The quantitative estimate of drug-likeness (QED) is 0.756. The lowest BCUT2D eigenvalue weighted by molar-refractivity contribution is 0.194. The molecule has 0 radical (unpaired) electrons. The van der Waals surface area contributed by atoms with E-state index in [1.54, 1.807) is 0 Å². The Labute approximate surface area is 152 Å². The first-order valence-corrected chi connectivity index (χ1v) is 9.94. The molecule has 0 amide bonds. The van der Waals surface area contributed by atoms with Gasteiger partial charge in [-0.1, -0.05) is 20.3 Å². The Balaban J connectivity index is 1.88. The lowest BCUT2D eigenvalue weighted by Gasteiger charge is -2.31. The van der Waals surface area contributed by atoms with Crippen molar-refractivity contribution in [3.63, 3.8) is 0 Å². The van der Waals surface area contributed by atoms with Crippen molar-refractivity contribution >= 4 is 0 Å². The number of aromatic nitrogens is 4. The molecular weight excluding hydrogens is 310 g/mol. The first-order valence-electron chi connectivity index (χ1n) is 9.94. The van der Waals surface area contributed by atoms with E-state index < -0.39 is 0 Å². The van der Waals surface area contributed by atoms with E-state index in [1.807, 2.05) is 12.5 Å². The minimum absolute atomic E-state index is 0.476. The number of nitrogens with zero attached hydrogens (tertiary/aromatic N) is 5. The van der Waals surface area contributed by atoms with Crippen LogP contribution in [0.2, 0.25) is 0 Å². The van der Waals surface area contributed by atoms with E-state index >= 15 is 0 Å². The molecule has 0 N–H and O–H groups in total. The second-order valence-corrected chi connectivity index (χ2v) is 7.38. The van der Waals surface area contributed by atoms with E-state index in [0.29, 0.717) is 6.04 Å². The van der Waals surface area contributed by atoms with Crippen LogP contribution in [0.1, 0.15) is 63.4 Å². The average molecular weight is 344 g/mol. The zero-order chi connectivity index (χ0) is 17.8. The SMILES string of the molecule is CCCn1nc(C)c(-c2cncn2C(CC)CN2CCCCC2)c1C. The molecule has 1 saturated heterocycles. The van der Waals surface area contributed by atoms with Crippen molar-refractivity contribution < 1.29 is 0 Å². The fraction of sp³-hybridized carbons (Fsp3) is 0.700. The number of likely N-dealkylation sites (tertiary alicyclic amines) is 1. The van der Waals surface area contributed by atoms with Crippen LogP contribution in [0.4, 0.5) is 0 Å². The first-order chi connectivity index (χ1) is 12.2. The third kappa shape index (κ3) is 3.81. The van der Waals surface area contributed by atoms with Crippen LogP contribution < -0.4 is 0 Å². The van der Waals surface area contributed by atoms with Crippen LogP contribution in [0.5, 0.6) is 0 Å². The molecule has 0 spiro atoms. The molecule has 0 aromatic carbocycles. The van der Waals surface area contributed by atoms with E-state index in [1.165, 1.54) is 49.3 Å². The molecule has 3 rings (SSSR count). The maximum Gasteiger partial charge on any atom is 0.0954 e. The summed E-state index contributed by atoms with van der Waals surface area (Å²) in [6.45, 7) is 13.4. The number of hydrogen-bond donors (Lipinski definition) is 0. The summed E-state index contributed by atoms with van der Waals surface area (Å²) in [5.74, 6) is 0. The molecule has 1 atom stereocenters. The van der Waals surface area contributed by atoms with Gasteiger partial charge >= 0.3 is 0 Å². The monoisotopic (exact) mass is 343 g/mol. The second-order valence-electron chi connectivity index (χ2n) is 7.38. The van der Waals surface area contributed by atoms with Gasteiger partial charge in [-0.3, -0.25) is 4.68 Å². The van der Waals surface area contributed by atoms with Gasteiger partial charge in [-0.2, -0.15) is 5.10 Å². The fourth-order valence-electron chi connectivity index (χ4n) is 4.14. The number of aryl methyl sites for hydroxylation is 2. The smallest absolute Gasteiger partial charge is 0.0954 e. The van der Waals surface area contributed by atoms with E-state index in [4.69, 9.17) is 5.10 Å². The zero-order valence-corrected chi connectivity index (χ0v) is 16.3. The normalized spacial score (nSPS) is 17.1. The van der Waals surface area contributed by atoms with Gasteiger partial charge in [0, 0.05) is 30.4 Å². The molecule has 25 heavy (non-hydrogen) atoms. The van der Waals surface area contributed by atoms with Gasteiger partial charge in [-0.15, -0.1) is 0 Å². The van der Waals surface area contributed by atoms with Crippen molar-refractivity contribution in [3.05, 3.63) is 23.9 Å². The predicted molar refractivity (Wildman–Crippen MR) is 103 cm³/mol. The summed E-state index contributed by atoms with van der Waals surface area (Å²) in [5, 5.41) is 4.76. The standard InChI is InChI=1S/C20H33N5/c1-5-10-25-17(4)20(16(3)22-25)19-13-21-15-24(19)18(6-2)14-23-11-8-7-9-12-23/h13,15,18H,5-12,14H2,1-4H3. The first kappa shape index (κ1) is 18.2. The van der Waals surface area contributed by atoms with Crippen molar-refractivity contribution in [2.24, 2.45) is 0 Å². The van der Waals surface area contributed by atoms with Gasteiger partial charge in [-0.25, -0.2) is 4.98 Å². The molecule has 5 heteroatoms. The molecule has 1 aliphatic heterocycles. The predicted octanol–water partition coefficient (Wildman–Crippen LogP) is 4.21. The lowest BCUT2D eigenvalue weighted by Crippen LogP contribution is -2.35. The summed E-state index contributed by atoms with van der Waals surface area (Å²) >= 11 is 0. The van der Waals surface area contributed by atoms with Gasteiger partial charge in [0.15, 0.2) is 0 Å². The van der Waals surface area contributed by atoms with Crippen molar-refractivity contribution in [3.8, 4) is 11.3 Å². The molecule has 3 heterocycles. The maximum atomic E-state index is 4.76. The largest absolute Gasteiger partial charge is 0.326 e. The topological polar surface area (TPSA) is 38.9 Å². The highest BCUT2D eigenvalue weighted by Gasteiger charge is 2.22. The third-order valence-electron chi connectivity index (χ3n) is 5.52. The van der Waals surface area contributed by atoms with E-state index in [-0.39, 0.29) is 0 Å². The van der Waals surface area contributed by atoms with Crippen LogP contribution in [0.25, 0.3) is 11.3 Å². The summed E-state index contributed by atoms with van der Waals surface area (Å²) in [5.41, 5.74) is 4.86. The second kappa shape index (κ2) is 8.17. The minimum Gasteiger partial charge on any atom is -0.326 e. The Morgan fingerprint density at radius 3 is 2.56 bits per heavy atom. The minimum atomic E-state index is 0.476. The third-order valence-corrected chi connectivity index (χ3v) is 5.52. The fourth-order valence-corrected chi connectivity index (χ4v) is 4.14. The molecule has 138 valence electrons. The van der Waals surface area contributed by atoms with E-state index in [2.05, 4.69) is 46.8 Å². The Bertz CT molecular complexity index is 678. The Kier molecular flexibility index (Phi) is 5.94. The highest BCUT2D eigenvalue weighted by atomic mass is 15.3. The van der Waals surface area contributed by atoms with Crippen LogP contribution in [0, 0.1) is 13.8 Å². The molecule has 2 aromatic heterocycles. The summed E-state index contributed by atoms with van der Waals surface area (Å²) in [7, 11) is 0. The Morgan fingerprint density at radius 1 is 1.12 bits per heavy atom. The van der Waals surface area contributed by atoms with Gasteiger partial charge in [0.2, 0.25) is 0 Å². The van der Waals surface area contributed by atoms with Gasteiger partial charge in [0.05, 0.1) is 23.9 Å². The summed E-state index contributed by atoms with van der Waals surface area (Å²) in [6.07, 6.45) is 10.3. The van der Waals surface area contributed by atoms with E-state index in [9.17, 15) is 0 Å². The number of hydrogen-bond acceptors (Lipinski definition) is 3. The van der Waals surface area contributed by atoms with Gasteiger partial charge in [-0.05, 0) is 52.6 Å². The highest BCUT2D eigenvalue weighted by Crippen LogP contribution is 2.30. The zero-order valence-electron chi connectivity index (χ0n) is 16.3. The summed E-state index contributed by atoms with van der Waals surface area (Å²) in [4.78, 5) is 7.13. The van der Waals surface area contributed by atoms with Gasteiger partial charge < -0.3 is 9.47 Å². The van der Waals surface area contributed by atoms with Crippen molar-refractivity contribution in [2.75, 3.05) is 19.6 Å². The number of rotatable bonds is 7. The van der Waals surface area contributed by atoms with Gasteiger partial charge in [0.25, 0.3) is 0 Å². The van der Waals surface area contributed by atoms with Crippen molar-refractivity contribution in [1.29, 1.82) is 0 Å². The van der Waals surface area contributed by atoms with Gasteiger partial charge in [0.1, 0.15) is 0 Å². The molecule has 1 unspecified atom stereocenters. The Hall–Kier alpha value is -1.62. The molecule has 0 saturated carbocycles. The molecule has 5 nitrogen and oxygen atoms in total. The Morgan fingerprint density at radius 2 is 1.88 bits per heavy atom. The van der Waals surface area contributed by atoms with Crippen LogP contribution >= 0.6 is 0 Å². The van der Waals surface area contributed by atoms with E-state index in [0.717, 1.165) is 31.6 Å². The van der Waals surface area contributed by atoms with Crippen LogP contribution in [-0.2, 0) is 6.54 Å². The lowest BCUT2D eigenvalue weighted by atomic mass is 10.1. The maximum absolute atomic E-state index is 4.76. The summed E-state index contributed by atoms with van der Waals surface area (Å²) < 4.78 is 4.54. The highest BCUT2D eigenvalue weighted by molar-refractivity contribution is 5.65. The number of imidazole rings is 1. The average Bonchev–Trinajstić information content (AvgIpc) is 3.19. The summed E-state index contributed by atoms with van der Waals surface area (Å²) in [6, 6.07) is 0.476. The molecular formula is C20H33N5.